The fourth-order valence-electron chi connectivity index (χ4n) is 4.22. The minimum atomic E-state index is -3.33. The van der Waals surface area contributed by atoms with Crippen LogP contribution in [0.2, 0.25) is 30.8 Å². The molecule has 0 unspecified atom stereocenters. The standard InChI is InChI=1S/C23H31ClN6O3SSi/c1-5-34(31,32)29-15-23(16-29,8-9-25)30-14-20(21(24)27-30)18-6-10-26-22-19(18)7-11-28(22)17-33-12-13-35(2,3)4/h6-7,10-11,14H,5,8,12-13,15-17H2,1-4H3. The molecule has 4 rings (SSSR count). The number of halogens is 1. The van der Waals surface area contributed by atoms with Gasteiger partial charge >= 0.3 is 0 Å². The van der Waals surface area contributed by atoms with Gasteiger partial charge in [0.25, 0.3) is 0 Å². The van der Waals surface area contributed by atoms with Gasteiger partial charge in [0.15, 0.2) is 5.15 Å². The summed E-state index contributed by atoms with van der Waals surface area (Å²) in [6.07, 6.45) is 5.63. The van der Waals surface area contributed by atoms with Crippen LogP contribution in [0.1, 0.15) is 13.3 Å². The molecule has 1 fully saturated rings. The summed E-state index contributed by atoms with van der Waals surface area (Å²) in [5.41, 5.74) is 1.64. The zero-order chi connectivity index (χ0) is 25.4. The molecule has 1 aliphatic rings. The average Bonchev–Trinajstić information content (AvgIpc) is 3.36. The second-order valence-corrected chi connectivity index (χ2v) is 18.5. The fraction of sp³-hybridized carbons (Fsp3) is 0.522. The van der Waals surface area contributed by atoms with Gasteiger partial charge in [-0.05, 0) is 30.7 Å². The van der Waals surface area contributed by atoms with E-state index in [1.54, 1.807) is 17.8 Å². The number of nitriles is 1. The van der Waals surface area contributed by atoms with E-state index in [1.165, 1.54) is 4.31 Å². The molecule has 0 spiro atoms. The van der Waals surface area contributed by atoms with Crippen molar-refractivity contribution in [3.8, 4) is 17.2 Å². The van der Waals surface area contributed by atoms with Gasteiger partial charge < -0.3 is 9.30 Å². The summed E-state index contributed by atoms with van der Waals surface area (Å²) >= 11 is 6.58. The SMILES string of the molecule is CCS(=O)(=O)N1CC(CC#N)(n2cc(-c3ccnc4c3ccn4COCC[Si](C)(C)C)c(Cl)n2)C1. The van der Waals surface area contributed by atoms with Crippen LogP contribution in [0.4, 0.5) is 0 Å². The Hall–Kier alpha value is -2.23. The fourth-order valence-corrected chi connectivity index (χ4v) is 6.45. The molecule has 0 saturated carbocycles. The summed E-state index contributed by atoms with van der Waals surface area (Å²) in [7, 11) is -4.49. The minimum absolute atomic E-state index is 0.0224. The highest BCUT2D eigenvalue weighted by atomic mass is 35.5. The van der Waals surface area contributed by atoms with Gasteiger partial charge in [-0.2, -0.15) is 14.7 Å². The summed E-state index contributed by atoms with van der Waals surface area (Å²) in [4.78, 5) is 4.55. The second-order valence-electron chi connectivity index (χ2n) is 10.2. The van der Waals surface area contributed by atoms with Crippen molar-refractivity contribution < 1.29 is 13.2 Å². The zero-order valence-electron chi connectivity index (χ0n) is 20.5. The van der Waals surface area contributed by atoms with Crippen LogP contribution in [0.5, 0.6) is 0 Å². The first-order valence-electron chi connectivity index (χ1n) is 11.6. The Morgan fingerprint density at radius 3 is 2.66 bits per heavy atom. The number of nitrogens with zero attached hydrogens (tertiary/aromatic N) is 6. The highest BCUT2D eigenvalue weighted by molar-refractivity contribution is 7.89. The lowest BCUT2D eigenvalue weighted by Gasteiger charge is -2.47. The van der Waals surface area contributed by atoms with E-state index in [1.807, 2.05) is 29.1 Å². The number of aromatic nitrogens is 4. The maximum absolute atomic E-state index is 12.3. The van der Waals surface area contributed by atoms with Gasteiger partial charge in [-0.25, -0.2) is 13.4 Å². The predicted octanol–water partition coefficient (Wildman–Crippen LogP) is 4.14. The van der Waals surface area contributed by atoms with E-state index in [0.717, 1.165) is 29.2 Å². The van der Waals surface area contributed by atoms with Gasteiger partial charge in [0.1, 0.15) is 17.9 Å². The first kappa shape index (κ1) is 25.8. The topological polar surface area (TPSA) is 106 Å². The van der Waals surface area contributed by atoms with E-state index in [0.29, 0.717) is 17.4 Å². The van der Waals surface area contributed by atoms with Crippen LogP contribution in [0, 0.1) is 11.3 Å². The Morgan fingerprint density at radius 1 is 1.26 bits per heavy atom. The summed E-state index contributed by atoms with van der Waals surface area (Å²) in [5.74, 6) is 0.0224. The maximum Gasteiger partial charge on any atom is 0.213 e. The molecule has 35 heavy (non-hydrogen) atoms. The number of hydrogen-bond donors (Lipinski definition) is 0. The average molecular weight is 535 g/mol. The number of hydrogen-bond acceptors (Lipinski definition) is 6. The quantitative estimate of drug-likeness (QED) is 0.286. The molecule has 12 heteroatoms. The number of ether oxygens (including phenoxy) is 1. The van der Waals surface area contributed by atoms with Crippen LogP contribution >= 0.6 is 11.6 Å². The molecule has 1 saturated heterocycles. The van der Waals surface area contributed by atoms with Crippen LogP contribution < -0.4 is 0 Å². The molecule has 0 atom stereocenters. The Bertz CT molecular complexity index is 1370. The number of fused-ring (bicyclic) bond motifs is 1. The van der Waals surface area contributed by atoms with Crippen molar-refractivity contribution in [2.45, 2.75) is 51.3 Å². The van der Waals surface area contributed by atoms with Gasteiger partial charge in [-0.3, -0.25) is 4.68 Å². The largest absolute Gasteiger partial charge is 0.361 e. The first-order valence-corrected chi connectivity index (χ1v) is 17.3. The molecular weight excluding hydrogens is 504 g/mol. The van der Waals surface area contributed by atoms with Gasteiger partial charge in [-0.1, -0.05) is 31.2 Å². The van der Waals surface area contributed by atoms with Crippen molar-refractivity contribution >= 4 is 40.7 Å². The highest BCUT2D eigenvalue weighted by Crippen LogP contribution is 2.39. The van der Waals surface area contributed by atoms with Gasteiger partial charge in [0.05, 0.1) is 18.2 Å². The molecule has 1 aliphatic heterocycles. The van der Waals surface area contributed by atoms with E-state index < -0.39 is 23.6 Å². The maximum atomic E-state index is 12.3. The van der Waals surface area contributed by atoms with E-state index >= 15 is 0 Å². The third kappa shape index (κ3) is 5.17. The van der Waals surface area contributed by atoms with Crippen molar-refractivity contribution in [2.24, 2.45) is 0 Å². The van der Waals surface area contributed by atoms with Gasteiger partial charge in [-0.15, -0.1) is 0 Å². The van der Waals surface area contributed by atoms with Crippen LogP contribution in [0.25, 0.3) is 22.2 Å². The van der Waals surface area contributed by atoms with Gasteiger partial charge in [0.2, 0.25) is 10.0 Å². The first-order chi connectivity index (χ1) is 16.5. The normalized spacial score (nSPS) is 16.3. The van der Waals surface area contributed by atoms with Crippen LogP contribution in [0.15, 0.2) is 30.7 Å². The molecule has 3 aromatic heterocycles. The minimum Gasteiger partial charge on any atom is -0.361 e. The highest BCUT2D eigenvalue weighted by Gasteiger charge is 2.50. The Morgan fingerprint density at radius 2 is 2.00 bits per heavy atom. The number of rotatable bonds is 10. The second kappa shape index (κ2) is 9.67. The molecular formula is C23H31ClN6O3SSi. The van der Waals surface area contributed by atoms with Crippen molar-refractivity contribution in [1.82, 2.24) is 23.6 Å². The summed E-state index contributed by atoms with van der Waals surface area (Å²) in [5, 5.41) is 15.1. The van der Waals surface area contributed by atoms with E-state index in [-0.39, 0.29) is 25.3 Å². The zero-order valence-corrected chi connectivity index (χ0v) is 23.1. The smallest absolute Gasteiger partial charge is 0.213 e. The van der Waals surface area contributed by atoms with Crippen molar-refractivity contribution in [3.63, 3.8) is 0 Å². The van der Waals surface area contributed by atoms with E-state index in [2.05, 4.69) is 35.8 Å². The summed E-state index contributed by atoms with van der Waals surface area (Å²) in [6.45, 7) is 10.1. The molecule has 0 aliphatic carbocycles. The molecule has 3 aromatic rings. The van der Waals surface area contributed by atoms with Crippen LogP contribution in [-0.4, -0.2) is 65.6 Å². The molecule has 4 heterocycles. The third-order valence-corrected chi connectivity index (χ3v) is 10.2. The van der Waals surface area contributed by atoms with E-state index in [9.17, 15) is 13.7 Å². The predicted molar refractivity (Wildman–Crippen MR) is 139 cm³/mol. The summed E-state index contributed by atoms with van der Waals surface area (Å²) < 4.78 is 35.5. The molecule has 0 bridgehead atoms. The Kier molecular flexibility index (Phi) is 7.14. The lowest BCUT2D eigenvalue weighted by molar-refractivity contribution is 0.0719. The van der Waals surface area contributed by atoms with Crippen LogP contribution in [0.3, 0.4) is 0 Å². The molecule has 0 N–H and O–H groups in total. The lowest BCUT2D eigenvalue weighted by Crippen LogP contribution is -2.64. The van der Waals surface area contributed by atoms with Crippen molar-refractivity contribution in [3.05, 3.63) is 35.9 Å². The Balaban J connectivity index is 1.60. The monoisotopic (exact) mass is 534 g/mol. The van der Waals surface area contributed by atoms with Crippen molar-refractivity contribution in [1.29, 1.82) is 5.26 Å². The van der Waals surface area contributed by atoms with Crippen LogP contribution in [-0.2, 0) is 27.0 Å². The lowest BCUT2D eigenvalue weighted by atomic mass is 9.89. The molecule has 9 nitrogen and oxygen atoms in total. The Labute approximate surface area is 212 Å². The number of sulfonamides is 1. The summed E-state index contributed by atoms with van der Waals surface area (Å²) in [6, 6.07) is 7.15. The molecule has 188 valence electrons. The number of pyridine rings is 1. The van der Waals surface area contributed by atoms with E-state index in [4.69, 9.17) is 16.3 Å². The van der Waals surface area contributed by atoms with Crippen molar-refractivity contribution in [2.75, 3.05) is 25.4 Å². The molecule has 0 amide bonds. The third-order valence-electron chi connectivity index (χ3n) is 6.44. The molecule has 0 radical (unpaired) electrons. The molecule has 0 aromatic carbocycles. The van der Waals surface area contributed by atoms with Gasteiger partial charge in [0, 0.05) is 57.3 Å².